The Hall–Kier alpha value is -1.55. The van der Waals surface area contributed by atoms with Crippen LogP contribution in [0.3, 0.4) is 0 Å². The number of aliphatic hydroxyl groups is 1. The molecule has 4 nitrogen and oxygen atoms in total. The molecule has 1 aliphatic heterocycles. The van der Waals surface area contributed by atoms with Crippen LogP contribution in [0.15, 0.2) is 29.4 Å². The van der Waals surface area contributed by atoms with E-state index in [1.165, 1.54) is 0 Å². The third kappa shape index (κ3) is 2.82. The Balaban J connectivity index is 2.06. The summed E-state index contributed by atoms with van der Waals surface area (Å²) >= 11 is 0. The molecule has 0 unspecified atom stereocenters. The van der Waals surface area contributed by atoms with Gasteiger partial charge in [0.1, 0.15) is 0 Å². The number of anilines is 1. The summed E-state index contributed by atoms with van der Waals surface area (Å²) in [5.74, 6) is 0. The van der Waals surface area contributed by atoms with E-state index in [9.17, 15) is 0 Å². The highest BCUT2D eigenvalue weighted by Crippen LogP contribution is 2.27. The number of oxime groups is 1. The molecule has 0 saturated heterocycles. The summed E-state index contributed by atoms with van der Waals surface area (Å²) in [6.07, 6.45) is 3.79. The van der Waals surface area contributed by atoms with Gasteiger partial charge in [0.2, 0.25) is 0 Å². The molecule has 0 saturated carbocycles. The van der Waals surface area contributed by atoms with Gasteiger partial charge in [0.15, 0.2) is 0 Å². The van der Waals surface area contributed by atoms with Crippen molar-refractivity contribution >= 4 is 11.4 Å². The molecule has 4 heteroatoms. The Kier molecular flexibility index (Phi) is 4.59. The molecule has 0 radical (unpaired) electrons. The third-order valence-corrected chi connectivity index (χ3v) is 3.38. The van der Waals surface area contributed by atoms with Crippen LogP contribution in [-0.2, 0) is 0 Å². The van der Waals surface area contributed by atoms with Crippen LogP contribution in [0.4, 0.5) is 5.69 Å². The molecule has 0 atom stereocenters. The van der Waals surface area contributed by atoms with Gasteiger partial charge in [-0.1, -0.05) is 23.4 Å². The van der Waals surface area contributed by atoms with Gasteiger partial charge in [-0.05, 0) is 25.3 Å². The molecule has 1 aromatic rings. The van der Waals surface area contributed by atoms with Crippen molar-refractivity contribution in [2.75, 3.05) is 24.6 Å². The van der Waals surface area contributed by atoms with Gasteiger partial charge in [-0.25, -0.2) is 0 Å². The van der Waals surface area contributed by atoms with E-state index < -0.39 is 0 Å². The predicted octanol–water partition coefficient (Wildman–Crippen LogP) is 2.24. The lowest BCUT2D eigenvalue weighted by atomic mass is 9.99. The van der Waals surface area contributed by atoms with Crippen molar-refractivity contribution in [1.29, 1.82) is 0 Å². The summed E-state index contributed by atoms with van der Waals surface area (Å²) in [5.41, 5.74) is 2.96. The zero-order valence-corrected chi connectivity index (χ0v) is 10.5. The molecule has 1 aliphatic rings. The standard InChI is InChI=1S/C14H20N2O2/c17-11-5-1-4-9-16-10-8-13(15-18)12-6-2-3-7-14(12)16/h2-3,6-7,17-18H,1,4-5,8-11H2. The molecular weight excluding hydrogens is 228 g/mol. The summed E-state index contributed by atoms with van der Waals surface area (Å²) < 4.78 is 0. The zero-order valence-electron chi connectivity index (χ0n) is 10.5. The maximum Gasteiger partial charge on any atom is 0.0906 e. The van der Waals surface area contributed by atoms with Gasteiger partial charge in [-0.2, -0.15) is 0 Å². The predicted molar refractivity (Wildman–Crippen MR) is 72.5 cm³/mol. The SMILES string of the molecule is OCCCCCN1CCC(=NO)c2ccccc21. The maximum absolute atomic E-state index is 9.01. The molecule has 0 spiro atoms. The average Bonchev–Trinajstić information content (AvgIpc) is 2.43. The first-order valence-electron chi connectivity index (χ1n) is 6.53. The normalized spacial score (nSPS) is 16.9. The number of aliphatic hydroxyl groups excluding tert-OH is 1. The van der Waals surface area contributed by atoms with Crippen LogP contribution >= 0.6 is 0 Å². The highest BCUT2D eigenvalue weighted by Gasteiger charge is 2.20. The highest BCUT2D eigenvalue weighted by molar-refractivity contribution is 6.06. The van der Waals surface area contributed by atoms with Gasteiger partial charge < -0.3 is 15.2 Å². The monoisotopic (exact) mass is 248 g/mol. The lowest BCUT2D eigenvalue weighted by Gasteiger charge is -2.31. The summed E-state index contributed by atoms with van der Waals surface area (Å²) in [7, 11) is 0. The van der Waals surface area contributed by atoms with Crippen molar-refractivity contribution in [2.45, 2.75) is 25.7 Å². The van der Waals surface area contributed by atoms with Crippen molar-refractivity contribution < 1.29 is 10.3 Å². The van der Waals surface area contributed by atoms with E-state index in [-0.39, 0.29) is 6.61 Å². The number of hydrogen-bond donors (Lipinski definition) is 2. The second-order valence-corrected chi connectivity index (χ2v) is 4.59. The lowest BCUT2D eigenvalue weighted by molar-refractivity contribution is 0.283. The number of hydrogen-bond acceptors (Lipinski definition) is 4. The quantitative estimate of drug-likeness (QED) is 0.477. The third-order valence-electron chi connectivity index (χ3n) is 3.38. The minimum absolute atomic E-state index is 0.276. The Morgan fingerprint density at radius 3 is 2.78 bits per heavy atom. The van der Waals surface area contributed by atoms with Crippen molar-refractivity contribution in [1.82, 2.24) is 0 Å². The molecule has 0 aliphatic carbocycles. The first-order valence-corrected chi connectivity index (χ1v) is 6.53. The van der Waals surface area contributed by atoms with E-state index in [2.05, 4.69) is 16.1 Å². The number of para-hydroxylation sites is 1. The zero-order chi connectivity index (χ0) is 12.8. The smallest absolute Gasteiger partial charge is 0.0906 e. The van der Waals surface area contributed by atoms with Crippen LogP contribution in [0.1, 0.15) is 31.2 Å². The first kappa shape index (κ1) is 12.9. The van der Waals surface area contributed by atoms with Crippen molar-refractivity contribution in [3.63, 3.8) is 0 Å². The fraction of sp³-hybridized carbons (Fsp3) is 0.500. The summed E-state index contributed by atoms with van der Waals surface area (Å²) in [5, 5.41) is 21.2. The Morgan fingerprint density at radius 1 is 1.17 bits per heavy atom. The first-order chi connectivity index (χ1) is 8.86. The number of nitrogens with zero attached hydrogens (tertiary/aromatic N) is 2. The van der Waals surface area contributed by atoms with Crippen molar-refractivity contribution in [3.8, 4) is 0 Å². The molecule has 2 rings (SSSR count). The minimum Gasteiger partial charge on any atom is -0.411 e. The Bertz CT molecular complexity index is 418. The Morgan fingerprint density at radius 2 is 2.00 bits per heavy atom. The molecule has 98 valence electrons. The summed E-state index contributed by atoms with van der Waals surface area (Å²) in [6, 6.07) is 8.06. The fourth-order valence-corrected chi connectivity index (χ4v) is 2.42. The molecule has 1 aromatic carbocycles. The molecule has 1 heterocycles. The van der Waals surface area contributed by atoms with Gasteiger partial charge in [0.05, 0.1) is 5.71 Å². The van der Waals surface area contributed by atoms with E-state index in [4.69, 9.17) is 10.3 Å². The van der Waals surface area contributed by atoms with Gasteiger partial charge in [-0.15, -0.1) is 0 Å². The maximum atomic E-state index is 9.01. The number of benzene rings is 1. The van der Waals surface area contributed by atoms with E-state index in [0.29, 0.717) is 0 Å². The largest absolute Gasteiger partial charge is 0.411 e. The molecular formula is C14H20N2O2. The van der Waals surface area contributed by atoms with Crippen LogP contribution in [0.25, 0.3) is 0 Å². The molecule has 0 bridgehead atoms. The van der Waals surface area contributed by atoms with Crippen LogP contribution in [0.2, 0.25) is 0 Å². The Labute approximate surface area is 108 Å². The minimum atomic E-state index is 0.276. The van der Waals surface area contributed by atoms with Crippen LogP contribution in [0.5, 0.6) is 0 Å². The molecule has 0 aromatic heterocycles. The van der Waals surface area contributed by atoms with E-state index in [1.54, 1.807) is 0 Å². The number of fused-ring (bicyclic) bond motifs is 1. The molecule has 0 fully saturated rings. The lowest BCUT2D eigenvalue weighted by Crippen LogP contribution is -2.33. The second-order valence-electron chi connectivity index (χ2n) is 4.59. The van der Waals surface area contributed by atoms with Gasteiger partial charge in [0, 0.05) is 37.4 Å². The summed E-state index contributed by atoms with van der Waals surface area (Å²) in [6.45, 7) is 2.17. The van der Waals surface area contributed by atoms with Crippen LogP contribution < -0.4 is 4.90 Å². The van der Waals surface area contributed by atoms with Crippen LogP contribution in [0, 0.1) is 0 Å². The van der Waals surface area contributed by atoms with E-state index >= 15 is 0 Å². The van der Waals surface area contributed by atoms with E-state index in [1.807, 2.05) is 18.2 Å². The molecule has 0 amide bonds. The number of unbranched alkanes of at least 4 members (excludes halogenated alkanes) is 2. The second kappa shape index (κ2) is 6.40. The van der Waals surface area contributed by atoms with E-state index in [0.717, 1.165) is 55.7 Å². The van der Waals surface area contributed by atoms with Gasteiger partial charge >= 0.3 is 0 Å². The van der Waals surface area contributed by atoms with Gasteiger partial charge in [-0.3, -0.25) is 0 Å². The van der Waals surface area contributed by atoms with Crippen molar-refractivity contribution in [2.24, 2.45) is 5.16 Å². The van der Waals surface area contributed by atoms with Gasteiger partial charge in [0.25, 0.3) is 0 Å². The fourth-order valence-electron chi connectivity index (χ4n) is 2.42. The topological polar surface area (TPSA) is 56.1 Å². The summed E-state index contributed by atoms with van der Waals surface area (Å²) in [4.78, 5) is 2.33. The molecule has 18 heavy (non-hydrogen) atoms. The highest BCUT2D eigenvalue weighted by atomic mass is 16.4. The number of rotatable bonds is 5. The molecule has 2 N–H and O–H groups in total. The van der Waals surface area contributed by atoms with Crippen molar-refractivity contribution in [3.05, 3.63) is 29.8 Å². The average molecular weight is 248 g/mol. The van der Waals surface area contributed by atoms with Crippen LogP contribution in [-0.4, -0.2) is 35.7 Å².